The molecule has 1 amide bonds. The molecular formula is C18H18BrN3O2. The molecule has 2 unspecified atom stereocenters. The number of pyridine rings is 1. The van der Waals surface area contributed by atoms with Crippen molar-refractivity contribution >= 4 is 21.8 Å². The monoisotopic (exact) mass is 387 g/mol. The van der Waals surface area contributed by atoms with Crippen LogP contribution in [0.25, 0.3) is 0 Å². The van der Waals surface area contributed by atoms with Gasteiger partial charge in [-0.2, -0.15) is 0 Å². The Kier molecular flexibility index (Phi) is 4.02. The first-order valence-corrected chi connectivity index (χ1v) is 8.86. The van der Waals surface area contributed by atoms with Crippen LogP contribution >= 0.6 is 15.9 Å². The largest absolute Gasteiger partial charge is 0.349 e. The number of nitrogens with zero attached hydrogens (tertiary/aromatic N) is 1. The van der Waals surface area contributed by atoms with Crippen LogP contribution in [0.5, 0.6) is 0 Å². The number of carbonyl (C=O) groups excluding carboxylic acids is 1. The SMILES string of the molecule is O=C(NC1C2CN(Cc3ccccc3)CC21)c1c[nH]c(=O)c(Br)c1. The number of halogens is 1. The Bertz CT molecular complexity index is 809. The summed E-state index contributed by atoms with van der Waals surface area (Å²) in [5.41, 5.74) is 1.58. The van der Waals surface area contributed by atoms with Gasteiger partial charge in [-0.05, 0) is 39.4 Å². The standard InChI is InChI=1S/C18H18BrN3O2/c19-15-6-12(7-20-18(15)24)17(23)21-16-13-9-22(10-14(13)16)8-11-4-2-1-3-5-11/h1-7,13-14,16H,8-10H2,(H,20,24)(H,21,23). The van der Waals surface area contributed by atoms with E-state index in [1.165, 1.54) is 11.8 Å². The molecule has 1 saturated carbocycles. The normalized spacial score (nSPS) is 25.3. The Morgan fingerprint density at radius 3 is 2.62 bits per heavy atom. The highest BCUT2D eigenvalue weighted by Crippen LogP contribution is 2.45. The minimum atomic E-state index is -0.230. The maximum absolute atomic E-state index is 12.3. The second-order valence-electron chi connectivity index (χ2n) is 6.57. The van der Waals surface area contributed by atoms with Gasteiger partial charge in [0.2, 0.25) is 0 Å². The first-order chi connectivity index (χ1) is 11.6. The summed E-state index contributed by atoms with van der Waals surface area (Å²) < 4.78 is 0.375. The summed E-state index contributed by atoms with van der Waals surface area (Å²) in [6.07, 6.45) is 1.46. The van der Waals surface area contributed by atoms with Gasteiger partial charge in [-0.3, -0.25) is 14.5 Å². The van der Waals surface area contributed by atoms with E-state index in [-0.39, 0.29) is 17.5 Å². The van der Waals surface area contributed by atoms with E-state index in [2.05, 4.69) is 55.4 Å². The molecule has 0 bridgehead atoms. The maximum atomic E-state index is 12.3. The molecule has 1 aliphatic carbocycles. The van der Waals surface area contributed by atoms with Crippen molar-refractivity contribution in [2.75, 3.05) is 13.1 Å². The third kappa shape index (κ3) is 3.03. The van der Waals surface area contributed by atoms with E-state index in [0.29, 0.717) is 21.9 Å². The van der Waals surface area contributed by atoms with Crippen molar-refractivity contribution in [1.82, 2.24) is 15.2 Å². The molecule has 4 rings (SSSR count). The van der Waals surface area contributed by atoms with Crippen molar-refractivity contribution < 1.29 is 4.79 Å². The topological polar surface area (TPSA) is 65.2 Å². The number of hydrogen-bond acceptors (Lipinski definition) is 3. The first-order valence-electron chi connectivity index (χ1n) is 8.07. The van der Waals surface area contributed by atoms with E-state index in [1.807, 2.05) is 6.07 Å². The van der Waals surface area contributed by atoms with Crippen molar-refractivity contribution in [3.05, 3.63) is 68.5 Å². The number of aromatic nitrogens is 1. The number of benzene rings is 1. The molecule has 5 nitrogen and oxygen atoms in total. The summed E-state index contributed by atoms with van der Waals surface area (Å²) in [6.45, 7) is 3.03. The summed E-state index contributed by atoms with van der Waals surface area (Å²) in [5.74, 6) is 0.966. The quantitative estimate of drug-likeness (QED) is 0.842. The van der Waals surface area contributed by atoms with E-state index in [4.69, 9.17) is 0 Å². The Balaban J connectivity index is 1.31. The van der Waals surface area contributed by atoms with Crippen molar-refractivity contribution in [2.45, 2.75) is 12.6 Å². The summed E-state index contributed by atoms with van der Waals surface area (Å²) in [6, 6.07) is 12.3. The molecule has 124 valence electrons. The number of amides is 1. The van der Waals surface area contributed by atoms with Crippen LogP contribution in [-0.4, -0.2) is 34.9 Å². The zero-order valence-electron chi connectivity index (χ0n) is 13.0. The van der Waals surface area contributed by atoms with Gasteiger partial charge < -0.3 is 10.3 Å². The molecule has 1 aliphatic heterocycles. The molecule has 2 aromatic rings. The van der Waals surface area contributed by atoms with E-state index in [0.717, 1.165) is 19.6 Å². The lowest BCUT2D eigenvalue weighted by Gasteiger charge is -2.19. The van der Waals surface area contributed by atoms with Gasteiger partial charge in [-0.1, -0.05) is 30.3 Å². The van der Waals surface area contributed by atoms with Crippen LogP contribution in [0.4, 0.5) is 0 Å². The lowest BCUT2D eigenvalue weighted by atomic mass is 10.2. The minimum absolute atomic E-state index is 0.124. The predicted octanol–water partition coefficient (Wildman–Crippen LogP) is 2.00. The third-order valence-electron chi connectivity index (χ3n) is 4.94. The van der Waals surface area contributed by atoms with E-state index in [1.54, 1.807) is 6.07 Å². The minimum Gasteiger partial charge on any atom is -0.349 e. The van der Waals surface area contributed by atoms with Crippen molar-refractivity contribution in [3.63, 3.8) is 0 Å². The molecule has 1 aromatic carbocycles. The summed E-state index contributed by atoms with van der Waals surface area (Å²) in [4.78, 5) is 28.6. The Morgan fingerprint density at radius 1 is 1.25 bits per heavy atom. The second-order valence-corrected chi connectivity index (χ2v) is 7.43. The lowest BCUT2D eigenvalue weighted by Crippen LogP contribution is -2.34. The molecule has 2 fully saturated rings. The van der Waals surface area contributed by atoms with Crippen LogP contribution in [0, 0.1) is 11.8 Å². The molecule has 24 heavy (non-hydrogen) atoms. The Hall–Kier alpha value is -1.92. The van der Waals surface area contributed by atoms with Crippen LogP contribution in [-0.2, 0) is 6.54 Å². The van der Waals surface area contributed by atoms with Gasteiger partial charge in [0, 0.05) is 31.9 Å². The number of hydrogen-bond donors (Lipinski definition) is 2. The smallest absolute Gasteiger partial charge is 0.262 e. The molecule has 2 atom stereocenters. The van der Waals surface area contributed by atoms with Gasteiger partial charge >= 0.3 is 0 Å². The summed E-state index contributed by atoms with van der Waals surface area (Å²) in [5, 5.41) is 3.09. The lowest BCUT2D eigenvalue weighted by molar-refractivity contribution is 0.0942. The molecule has 2 heterocycles. The van der Waals surface area contributed by atoms with Crippen molar-refractivity contribution in [3.8, 4) is 0 Å². The molecular weight excluding hydrogens is 370 g/mol. The van der Waals surface area contributed by atoms with E-state index in [9.17, 15) is 9.59 Å². The highest BCUT2D eigenvalue weighted by atomic mass is 79.9. The first kappa shape index (κ1) is 15.6. The fourth-order valence-electron chi connectivity index (χ4n) is 3.62. The average Bonchev–Trinajstić information content (AvgIpc) is 3.02. The number of H-pyrrole nitrogens is 1. The molecule has 2 aliphatic rings. The maximum Gasteiger partial charge on any atom is 0.262 e. The van der Waals surface area contributed by atoms with Gasteiger partial charge in [0.15, 0.2) is 0 Å². The van der Waals surface area contributed by atoms with Crippen LogP contribution < -0.4 is 10.9 Å². The number of nitrogens with one attached hydrogen (secondary N) is 2. The average molecular weight is 388 g/mol. The van der Waals surface area contributed by atoms with Gasteiger partial charge in [-0.25, -0.2) is 0 Å². The van der Waals surface area contributed by atoms with Crippen LogP contribution in [0.2, 0.25) is 0 Å². The molecule has 0 radical (unpaired) electrons. The number of likely N-dealkylation sites (tertiary alicyclic amines) is 1. The fraction of sp³-hybridized carbons (Fsp3) is 0.333. The van der Waals surface area contributed by atoms with E-state index < -0.39 is 0 Å². The third-order valence-corrected chi connectivity index (χ3v) is 5.53. The molecule has 0 spiro atoms. The predicted molar refractivity (Wildman–Crippen MR) is 94.7 cm³/mol. The molecule has 2 N–H and O–H groups in total. The van der Waals surface area contributed by atoms with Gasteiger partial charge in [-0.15, -0.1) is 0 Å². The summed E-state index contributed by atoms with van der Waals surface area (Å²) >= 11 is 3.15. The number of carbonyl (C=O) groups is 1. The number of piperidine rings is 1. The van der Waals surface area contributed by atoms with Crippen LogP contribution in [0.3, 0.4) is 0 Å². The van der Waals surface area contributed by atoms with Crippen LogP contribution in [0.1, 0.15) is 15.9 Å². The van der Waals surface area contributed by atoms with Gasteiger partial charge in [0.1, 0.15) is 0 Å². The zero-order chi connectivity index (χ0) is 16.7. The molecule has 1 saturated heterocycles. The fourth-order valence-corrected chi connectivity index (χ4v) is 3.98. The van der Waals surface area contributed by atoms with Crippen molar-refractivity contribution in [2.24, 2.45) is 11.8 Å². The van der Waals surface area contributed by atoms with Crippen molar-refractivity contribution in [1.29, 1.82) is 0 Å². The van der Waals surface area contributed by atoms with E-state index >= 15 is 0 Å². The van der Waals surface area contributed by atoms with Gasteiger partial charge in [0.25, 0.3) is 11.5 Å². The zero-order valence-corrected chi connectivity index (χ0v) is 14.6. The van der Waals surface area contributed by atoms with Gasteiger partial charge in [0.05, 0.1) is 10.0 Å². The highest BCUT2D eigenvalue weighted by molar-refractivity contribution is 9.10. The molecule has 6 heteroatoms. The Morgan fingerprint density at radius 2 is 1.96 bits per heavy atom. The second kappa shape index (κ2) is 6.18. The number of fused-ring (bicyclic) bond motifs is 1. The van der Waals surface area contributed by atoms with Crippen LogP contribution in [0.15, 0.2) is 51.9 Å². The number of aromatic amines is 1. The summed E-state index contributed by atoms with van der Waals surface area (Å²) in [7, 11) is 0. The molecule has 1 aromatic heterocycles. The Labute approximate surface area is 148 Å². The number of rotatable bonds is 4. The highest BCUT2D eigenvalue weighted by Gasteiger charge is 2.56.